The Balaban J connectivity index is 1.65. The molecule has 3 heterocycles. The minimum atomic E-state index is -0.487. The van der Waals surface area contributed by atoms with E-state index in [0.717, 1.165) is 31.6 Å². The van der Waals surface area contributed by atoms with Gasteiger partial charge in [-0.15, -0.1) is 5.10 Å². The summed E-state index contributed by atoms with van der Waals surface area (Å²) >= 11 is 0. The molecule has 0 spiro atoms. The van der Waals surface area contributed by atoms with Gasteiger partial charge in [0.15, 0.2) is 11.5 Å². The molecule has 0 bridgehead atoms. The number of rotatable bonds is 6. The number of aromatic nitrogens is 4. The summed E-state index contributed by atoms with van der Waals surface area (Å²) in [5, 5.41) is 4.50. The molecule has 1 fully saturated rings. The predicted octanol–water partition coefficient (Wildman–Crippen LogP) is 2.33. The molecule has 2 aromatic heterocycles. The lowest BCUT2D eigenvalue weighted by molar-refractivity contribution is 0.0137. The van der Waals surface area contributed by atoms with Crippen molar-refractivity contribution in [3.8, 4) is 6.01 Å². The number of hydrogen-bond donors (Lipinski definition) is 1. The smallest absolute Gasteiger partial charge is 0.410 e. The minimum absolute atomic E-state index is 0.0137. The van der Waals surface area contributed by atoms with E-state index in [1.165, 1.54) is 0 Å². The van der Waals surface area contributed by atoms with E-state index in [9.17, 15) is 4.79 Å². The van der Waals surface area contributed by atoms with Crippen molar-refractivity contribution in [3.05, 3.63) is 11.9 Å². The summed E-state index contributed by atoms with van der Waals surface area (Å²) < 4.78 is 13.0. The van der Waals surface area contributed by atoms with Gasteiger partial charge >= 0.3 is 12.1 Å². The molecule has 10 nitrogen and oxygen atoms in total. The standard InChI is InChI=1S/C20H33N7O3/c1-6-7-14(2)29-18-23-16(21)17-22-12-15(27(17)24-18)13-25-8-10-26(11-9-25)19(28)30-20(3,4)5/h12,14H,6-11,13H2,1-5H3,(H2,21,23,24). The molecule has 30 heavy (non-hydrogen) atoms. The Morgan fingerprint density at radius 3 is 2.60 bits per heavy atom. The summed E-state index contributed by atoms with van der Waals surface area (Å²) in [4.78, 5) is 24.8. The molecule has 0 saturated carbocycles. The molecule has 166 valence electrons. The fraction of sp³-hybridized carbons (Fsp3) is 0.700. The van der Waals surface area contributed by atoms with Crippen LogP contribution in [-0.2, 0) is 11.3 Å². The molecule has 0 radical (unpaired) electrons. The van der Waals surface area contributed by atoms with E-state index in [1.807, 2.05) is 27.7 Å². The first-order valence-electron chi connectivity index (χ1n) is 10.5. The van der Waals surface area contributed by atoms with E-state index in [4.69, 9.17) is 15.2 Å². The van der Waals surface area contributed by atoms with E-state index >= 15 is 0 Å². The first-order valence-corrected chi connectivity index (χ1v) is 10.5. The number of carbonyl (C=O) groups is 1. The van der Waals surface area contributed by atoms with Crippen LogP contribution in [0.5, 0.6) is 6.01 Å². The van der Waals surface area contributed by atoms with Crippen molar-refractivity contribution in [2.75, 3.05) is 31.9 Å². The highest BCUT2D eigenvalue weighted by Gasteiger charge is 2.26. The summed E-state index contributed by atoms with van der Waals surface area (Å²) in [6, 6.07) is 0.259. The highest BCUT2D eigenvalue weighted by Crippen LogP contribution is 2.18. The fourth-order valence-corrected chi connectivity index (χ4v) is 3.38. The number of amides is 1. The monoisotopic (exact) mass is 419 g/mol. The summed E-state index contributed by atoms with van der Waals surface area (Å²) in [5.74, 6) is 0.296. The maximum Gasteiger partial charge on any atom is 0.410 e. The lowest BCUT2D eigenvalue weighted by Gasteiger charge is -2.35. The number of nitrogens with zero attached hydrogens (tertiary/aromatic N) is 6. The zero-order valence-corrected chi connectivity index (χ0v) is 18.6. The van der Waals surface area contributed by atoms with Gasteiger partial charge in [-0.2, -0.15) is 4.98 Å². The first kappa shape index (κ1) is 22.1. The molecule has 10 heteroatoms. The molecule has 2 N–H and O–H groups in total. The van der Waals surface area contributed by atoms with Crippen LogP contribution >= 0.6 is 0 Å². The summed E-state index contributed by atoms with van der Waals surface area (Å²) in [6.45, 7) is 13.1. The highest BCUT2D eigenvalue weighted by molar-refractivity contribution is 5.68. The van der Waals surface area contributed by atoms with E-state index in [0.29, 0.717) is 31.1 Å². The molecule has 1 amide bonds. The van der Waals surface area contributed by atoms with Gasteiger partial charge in [0.25, 0.3) is 0 Å². The Morgan fingerprint density at radius 2 is 1.97 bits per heavy atom. The van der Waals surface area contributed by atoms with Crippen LogP contribution in [0.3, 0.4) is 0 Å². The quantitative estimate of drug-likeness (QED) is 0.759. The van der Waals surface area contributed by atoms with Gasteiger partial charge in [-0.05, 0) is 34.1 Å². The Bertz CT molecular complexity index is 869. The predicted molar refractivity (Wildman–Crippen MR) is 113 cm³/mol. The number of imidazole rings is 1. The largest absolute Gasteiger partial charge is 0.459 e. The molecular weight excluding hydrogens is 386 g/mol. The van der Waals surface area contributed by atoms with Crippen molar-refractivity contribution in [2.24, 2.45) is 0 Å². The van der Waals surface area contributed by atoms with Crippen molar-refractivity contribution >= 4 is 17.6 Å². The van der Waals surface area contributed by atoms with Gasteiger partial charge in [-0.25, -0.2) is 14.3 Å². The minimum Gasteiger partial charge on any atom is -0.459 e. The van der Waals surface area contributed by atoms with Gasteiger partial charge in [-0.3, -0.25) is 4.90 Å². The third-order valence-corrected chi connectivity index (χ3v) is 4.85. The van der Waals surface area contributed by atoms with Crippen molar-refractivity contribution in [1.82, 2.24) is 29.4 Å². The Labute approximate surface area is 177 Å². The Kier molecular flexibility index (Phi) is 6.64. The second-order valence-corrected chi connectivity index (χ2v) is 8.73. The second kappa shape index (κ2) is 9.03. The van der Waals surface area contributed by atoms with Gasteiger partial charge in [0.05, 0.1) is 18.0 Å². The van der Waals surface area contributed by atoms with Crippen molar-refractivity contribution in [3.63, 3.8) is 0 Å². The van der Waals surface area contributed by atoms with Gasteiger partial charge in [0.1, 0.15) is 5.60 Å². The van der Waals surface area contributed by atoms with Crippen LogP contribution in [0.15, 0.2) is 6.20 Å². The van der Waals surface area contributed by atoms with E-state index in [2.05, 4.69) is 26.9 Å². The first-order chi connectivity index (χ1) is 14.2. The molecule has 1 unspecified atom stereocenters. The molecule has 0 aromatic carbocycles. The van der Waals surface area contributed by atoms with Crippen LogP contribution in [-0.4, -0.2) is 73.4 Å². The lowest BCUT2D eigenvalue weighted by Crippen LogP contribution is -2.49. The van der Waals surface area contributed by atoms with Crippen molar-refractivity contribution in [2.45, 2.75) is 65.7 Å². The number of anilines is 1. The van der Waals surface area contributed by atoms with Crippen LogP contribution in [0.2, 0.25) is 0 Å². The molecule has 1 aliphatic heterocycles. The molecule has 1 aliphatic rings. The van der Waals surface area contributed by atoms with Crippen LogP contribution < -0.4 is 10.5 Å². The van der Waals surface area contributed by atoms with Gasteiger partial charge in [0.2, 0.25) is 0 Å². The van der Waals surface area contributed by atoms with Gasteiger partial charge < -0.3 is 20.1 Å². The zero-order chi connectivity index (χ0) is 21.9. The maximum atomic E-state index is 12.2. The average molecular weight is 420 g/mol. The third kappa shape index (κ3) is 5.50. The fourth-order valence-electron chi connectivity index (χ4n) is 3.38. The third-order valence-electron chi connectivity index (χ3n) is 4.85. The second-order valence-electron chi connectivity index (χ2n) is 8.73. The number of carbonyl (C=O) groups excluding carboxylic acids is 1. The molecule has 1 saturated heterocycles. The molecule has 1 atom stereocenters. The topological polar surface area (TPSA) is 111 Å². The maximum absolute atomic E-state index is 12.2. The number of nitrogen functional groups attached to an aromatic ring is 1. The number of hydrogen-bond acceptors (Lipinski definition) is 8. The summed E-state index contributed by atoms with van der Waals surface area (Å²) in [6.07, 6.45) is 3.45. The highest BCUT2D eigenvalue weighted by atomic mass is 16.6. The van der Waals surface area contributed by atoms with Crippen molar-refractivity contribution < 1.29 is 14.3 Å². The van der Waals surface area contributed by atoms with Gasteiger partial charge in [0, 0.05) is 32.7 Å². The summed E-state index contributed by atoms with van der Waals surface area (Å²) in [7, 11) is 0. The van der Waals surface area contributed by atoms with Crippen LogP contribution in [0.4, 0.5) is 10.6 Å². The summed E-state index contributed by atoms with van der Waals surface area (Å²) in [5.41, 5.74) is 7.00. The van der Waals surface area contributed by atoms with Crippen LogP contribution in [0.1, 0.15) is 53.2 Å². The SMILES string of the molecule is CCCC(C)Oc1nc(N)c2ncc(CN3CCN(C(=O)OC(C)(C)C)CC3)n2n1. The average Bonchev–Trinajstić information content (AvgIpc) is 3.04. The zero-order valence-electron chi connectivity index (χ0n) is 18.6. The molecule has 0 aliphatic carbocycles. The van der Waals surface area contributed by atoms with Crippen LogP contribution in [0, 0.1) is 0 Å². The van der Waals surface area contributed by atoms with Crippen molar-refractivity contribution in [1.29, 1.82) is 0 Å². The number of nitrogens with two attached hydrogens (primary N) is 1. The van der Waals surface area contributed by atoms with E-state index in [-0.39, 0.29) is 18.2 Å². The van der Waals surface area contributed by atoms with Gasteiger partial charge in [-0.1, -0.05) is 13.3 Å². The number of piperazine rings is 1. The number of ether oxygens (including phenoxy) is 2. The molecular formula is C20H33N7O3. The van der Waals surface area contributed by atoms with E-state index in [1.54, 1.807) is 15.6 Å². The molecule has 3 rings (SSSR count). The van der Waals surface area contributed by atoms with Crippen LogP contribution in [0.25, 0.3) is 5.65 Å². The Morgan fingerprint density at radius 1 is 1.27 bits per heavy atom. The number of fused-ring (bicyclic) bond motifs is 1. The normalized spacial score (nSPS) is 16.6. The van der Waals surface area contributed by atoms with E-state index < -0.39 is 5.60 Å². The Hall–Kier alpha value is -2.62. The molecule has 2 aromatic rings. The lowest BCUT2D eigenvalue weighted by atomic mass is 10.2.